The number of H-pyrrole nitrogens is 1. The number of hydrogen-bond acceptors (Lipinski definition) is 2. The first-order valence-electron chi connectivity index (χ1n) is 6.78. The molecule has 0 bridgehead atoms. The number of halogens is 4. The number of amides is 1. The van der Waals surface area contributed by atoms with Crippen molar-refractivity contribution in [3.63, 3.8) is 0 Å². The Morgan fingerprint density at radius 2 is 1.95 bits per heavy atom. The van der Waals surface area contributed by atoms with Crippen LogP contribution in [0.15, 0.2) is 12.3 Å². The Morgan fingerprint density at radius 3 is 2.36 bits per heavy atom. The minimum absolute atomic E-state index is 0.00461. The summed E-state index contributed by atoms with van der Waals surface area (Å²) in [6, 6.07) is 0.845. The van der Waals surface area contributed by atoms with Crippen molar-refractivity contribution >= 4 is 23.3 Å². The number of alkyl halides is 3. The second-order valence-corrected chi connectivity index (χ2v) is 6.30. The van der Waals surface area contributed by atoms with Gasteiger partial charge in [-0.2, -0.15) is 13.2 Å². The fourth-order valence-electron chi connectivity index (χ4n) is 1.85. The Morgan fingerprint density at radius 1 is 1.36 bits per heavy atom. The van der Waals surface area contributed by atoms with Gasteiger partial charge in [-0.15, -0.1) is 0 Å². The zero-order valence-electron chi connectivity index (χ0n) is 12.9. The van der Waals surface area contributed by atoms with Crippen LogP contribution in [0, 0.1) is 0 Å². The third kappa shape index (κ3) is 5.36. The van der Waals surface area contributed by atoms with E-state index in [1.165, 1.54) is 0 Å². The second kappa shape index (κ2) is 6.73. The molecule has 0 aliphatic rings. The van der Waals surface area contributed by atoms with Crippen molar-refractivity contribution in [3.05, 3.63) is 22.8 Å². The summed E-state index contributed by atoms with van der Waals surface area (Å²) in [5.74, 6) is 0.0416. The molecule has 0 aliphatic carbocycles. The molecule has 4 nitrogen and oxygen atoms in total. The van der Waals surface area contributed by atoms with Gasteiger partial charge in [0.2, 0.25) is 0 Å². The van der Waals surface area contributed by atoms with Gasteiger partial charge in [-0.25, -0.2) is 4.98 Å². The molecule has 124 valence electrons. The van der Waals surface area contributed by atoms with Crippen molar-refractivity contribution in [1.82, 2.24) is 5.32 Å². The first kappa shape index (κ1) is 18.5. The number of aromatic amines is 1. The van der Waals surface area contributed by atoms with Crippen LogP contribution in [0.1, 0.15) is 33.3 Å². The maximum Gasteiger partial charge on any atom is 0.419 e. The summed E-state index contributed by atoms with van der Waals surface area (Å²) in [6.45, 7) is 7.73. The van der Waals surface area contributed by atoms with Gasteiger partial charge in [0, 0.05) is 5.54 Å². The van der Waals surface area contributed by atoms with E-state index >= 15 is 0 Å². The highest BCUT2D eigenvalue weighted by Gasteiger charge is 2.34. The number of hydrogen-bond donors (Lipinski definition) is 1. The van der Waals surface area contributed by atoms with E-state index in [1.54, 1.807) is 11.8 Å². The average Bonchev–Trinajstić information content (AvgIpc) is 2.33. The van der Waals surface area contributed by atoms with Gasteiger partial charge in [0.05, 0.1) is 12.1 Å². The van der Waals surface area contributed by atoms with Crippen LogP contribution in [0.5, 0.6) is 0 Å². The normalized spacial score (nSPS) is 12.2. The number of rotatable bonds is 4. The van der Waals surface area contributed by atoms with Crippen LogP contribution >= 0.6 is 11.6 Å². The lowest BCUT2D eigenvalue weighted by Gasteiger charge is -2.22. The Balaban J connectivity index is 2.94. The molecule has 0 atom stereocenters. The van der Waals surface area contributed by atoms with E-state index in [9.17, 15) is 18.0 Å². The van der Waals surface area contributed by atoms with Crippen LogP contribution in [0.3, 0.4) is 0 Å². The Bertz CT molecular complexity index is 541. The predicted molar refractivity (Wildman–Crippen MR) is 78.8 cm³/mol. The fraction of sp³-hybridized carbons (Fsp3) is 0.571. The molecule has 1 rings (SSSR count). The molecule has 1 amide bonds. The highest BCUT2D eigenvalue weighted by molar-refractivity contribution is 6.32. The number of pyridine rings is 1. The minimum Gasteiger partial charge on any atom is -0.348 e. The molecule has 22 heavy (non-hydrogen) atoms. The molecule has 0 fully saturated rings. The number of anilines is 1. The lowest BCUT2D eigenvalue weighted by Crippen LogP contribution is -2.47. The summed E-state index contributed by atoms with van der Waals surface area (Å²) < 4.78 is 37.9. The smallest absolute Gasteiger partial charge is 0.348 e. The molecule has 0 spiro atoms. The van der Waals surface area contributed by atoms with E-state index in [2.05, 4.69) is 10.3 Å². The topological polar surface area (TPSA) is 46.5 Å². The monoisotopic (exact) mass is 338 g/mol. The van der Waals surface area contributed by atoms with Gasteiger partial charge < -0.3 is 5.32 Å². The molecule has 0 unspecified atom stereocenters. The van der Waals surface area contributed by atoms with Gasteiger partial charge in [-0.05, 0) is 33.8 Å². The quantitative estimate of drug-likeness (QED) is 0.917. The summed E-state index contributed by atoms with van der Waals surface area (Å²) in [6.07, 6.45) is -3.63. The van der Waals surface area contributed by atoms with Crippen molar-refractivity contribution in [2.75, 3.05) is 18.0 Å². The maximum absolute atomic E-state index is 12.6. The minimum atomic E-state index is -4.47. The molecule has 1 aromatic rings. The zero-order valence-corrected chi connectivity index (χ0v) is 13.7. The summed E-state index contributed by atoms with van der Waals surface area (Å²) in [4.78, 5) is 16.0. The first-order valence-corrected chi connectivity index (χ1v) is 7.16. The molecule has 0 aliphatic heterocycles. The van der Waals surface area contributed by atoms with E-state index in [0.29, 0.717) is 6.54 Å². The summed E-state index contributed by atoms with van der Waals surface area (Å²) in [5.41, 5.74) is -1.25. The number of aromatic nitrogens is 1. The molecule has 0 saturated carbocycles. The van der Waals surface area contributed by atoms with Crippen molar-refractivity contribution < 1.29 is 22.9 Å². The second-order valence-electron chi connectivity index (χ2n) is 5.90. The van der Waals surface area contributed by atoms with Gasteiger partial charge in [-0.3, -0.25) is 9.69 Å². The Hall–Kier alpha value is -1.50. The molecule has 0 radical (unpaired) electrons. The lowest BCUT2D eigenvalue weighted by molar-refractivity contribution is -0.367. The highest BCUT2D eigenvalue weighted by atomic mass is 35.5. The number of carbonyl (C=O) groups is 1. The first-order chi connectivity index (χ1) is 9.94. The third-order valence-electron chi connectivity index (χ3n) is 2.75. The van der Waals surface area contributed by atoms with Crippen molar-refractivity contribution in [1.29, 1.82) is 0 Å². The molecule has 1 aromatic heterocycles. The van der Waals surface area contributed by atoms with Gasteiger partial charge >= 0.3 is 6.18 Å². The molecule has 1 heterocycles. The molecule has 8 heteroatoms. The Labute approximate surface area is 132 Å². The van der Waals surface area contributed by atoms with Crippen LogP contribution in [-0.4, -0.2) is 24.5 Å². The van der Waals surface area contributed by atoms with E-state index < -0.39 is 11.7 Å². The van der Waals surface area contributed by atoms with E-state index in [-0.39, 0.29) is 28.8 Å². The lowest BCUT2D eigenvalue weighted by atomic mass is 10.1. The Kier molecular flexibility index (Phi) is 5.67. The number of nitrogens with zero attached hydrogens (tertiary/aromatic N) is 1. The summed E-state index contributed by atoms with van der Waals surface area (Å²) in [7, 11) is 0. The highest BCUT2D eigenvalue weighted by Crippen LogP contribution is 2.31. The van der Waals surface area contributed by atoms with E-state index in [4.69, 9.17) is 11.6 Å². The average molecular weight is 339 g/mol. The van der Waals surface area contributed by atoms with Gasteiger partial charge in [0.1, 0.15) is 11.2 Å². The number of carbonyl (C=O) groups excluding carboxylic acids is 1. The molecule has 0 saturated heterocycles. The molecular weight excluding hydrogens is 319 g/mol. The fourth-order valence-corrected chi connectivity index (χ4v) is 2.14. The van der Waals surface area contributed by atoms with Crippen molar-refractivity contribution in [2.45, 2.75) is 39.4 Å². The van der Waals surface area contributed by atoms with Crippen LogP contribution in [0.2, 0.25) is 5.02 Å². The summed E-state index contributed by atoms with van der Waals surface area (Å²) >= 11 is 5.92. The summed E-state index contributed by atoms with van der Waals surface area (Å²) in [5, 5.41) is 2.71. The molecule has 0 aromatic carbocycles. The third-order valence-corrected chi connectivity index (χ3v) is 3.04. The number of nitrogens with one attached hydrogen (secondary N) is 2. The SMILES string of the molecule is CCN(CC(=O)NC(C)(C)C)c1[nH+]cc(C(F)(F)F)cc1Cl. The number of likely N-dealkylation sites (N-methyl/N-ethyl adjacent to an activating group) is 1. The van der Waals surface area contributed by atoms with Crippen LogP contribution in [0.4, 0.5) is 19.0 Å². The predicted octanol–water partition coefficient (Wildman–Crippen LogP) is 2.91. The van der Waals surface area contributed by atoms with Crippen LogP contribution in [0.25, 0.3) is 0 Å². The van der Waals surface area contributed by atoms with Crippen molar-refractivity contribution in [2.24, 2.45) is 0 Å². The largest absolute Gasteiger partial charge is 0.419 e. The molecule has 2 N–H and O–H groups in total. The zero-order chi connectivity index (χ0) is 17.1. The van der Waals surface area contributed by atoms with Gasteiger partial charge in [-0.1, -0.05) is 11.6 Å². The van der Waals surface area contributed by atoms with Gasteiger partial charge in [0.15, 0.2) is 6.54 Å². The standard InChI is InChI=1S/C14H19ClF3N3O/c1-5-21(8-11(22)20-13(2,3)4)12-10(15)6-9(7-19-12)14(16,17)18/h6-7H,5,8H2,1-4H3,(H,20,22)/p+1. The van der Waals surface area contributed by atoms with Crippen molar-refractivity contribution in [3.8, 4) is 0 Å². The van der Waals surface area contributed by atoms with E-state index in [0.717, 1.165) is 12.3 Å². The van der Waals surface area contributed by atoms with Crippen LogP contribution < -0.4 is 15.2 Å². The van der Waals surface area contributed by atoms with Gasteiger partial charge in [0.25, 0.3) is 11.7 Å². The van der Waals surface area contributed by atoms with Crippen LogP contribution in [-0.2, 0) is 11.0 Å². The molecular formula is C14H20ClF3N3O+. The van der Waals surface area contributed by atoms with E-state index in [1.807, 2.05) is 20.8 Å². The maximum atomic E-state index is 12.6.